The predicted octanol–water partition coefficient (Wildman–Crippen LogP) is 0.597. The Morgan fingerprint density at radius 2 is 2.09 bits per heavy atom. The normalized spacial score (nSPS) is 17.5. The number of fused-ring (bicyclic) bond motifs is 2. The first kappa shape index (κ1) is 24.6. The van der Waals surface area contributed by atoms with Crippen LogP contribution in [-0.4, -0.2) is 47.0 Å². The molecule has 0 atom stereocenters. The van der Waals surface area contributed by atoms with E-state index in [1.165, 1.54) is 34.0 Å². The van der Waals surface area contributed by atoms with E-state index < -0.39 is 28.4 Å². The fraction of sp³-hybridized carbons (Fsp3) is 0.435. The molecule has 4 rings (SSSR count). The number of benzene rings is 1. The number of nitrogens with two attached hydrogens (primary N) is 2. The van der Waals surface area contributed by atoms with Crippen LogP contribution in [0.1, 0.15) is 41.6 Å². The molecular formula is C23H29FN6O5. The van der Waals surface area contributed by atoms with Gasteiger partial charge >= 0.3 is 0 Å². The first-order chi connectivity index (χ1) is 16.8. The van der Waals surface area contributed by atoms with Crippen molar-refractivity contribution in [2.24, 2.45) is 11.6 Å². The zero-order valence-electron chi connectivity index (χ0n) is 19.4. The van der Waals surface area contributed by atoms with Gasteiger partial charge in [0.25, 0.3) is 11.5 Å². The molecule has 0 aliphatic carbocycles. The van der Waals surface area contributed by atoms with Crippen LogP contribution in [0.2, 0.25) is 0 Å². The Labute approximate surface area is 201 Å². The van der Waals surface area contributed by atoms with Crippen molar-refractivity contribution in [1.82, 2.24) is 14.9 Å². The number of allylic oxidation sites excluding steroid dienone is 1. The molecule has 3 heterocycles. The van der Waals surface area contributed by atoms with E-state index in [9.17, 15) is 19.1 Å². The molecule has 0 unspecified atom stereocenters. The van der Waals surface area contributed by atoms with Gasteiger partial charge in [0.15, 0.2) is 5.69 Å². The zero-order chi connectivity index (χ0) is 25.2. The number of hydrazine groups is 1. The van der Waals surface area contributed by atoms with Crippen LogP contribution in [0.3, 0.4) is 0 Å². The maximum Gasteiger partial charge on any atom is 0.296 e. The van der Waals surface area contributed by atoms with E-state index in [2.05, 4.69) is 10.3 Å². The van der Waals surface area contributed by atoms with Crippen molar-refractivity contribution >= 4 is 11.6 Å². The highest BCUT2D eigenvalue weighted by molar-refractivity contribution is 5.94. The molecule has 2 aliphatic heterocycles. The van der Waals surface area contributed by atoms with E-state index in [1.54, 1.807) is 6.92 Å². The Morgan fingerprint density at radius 1 is 1.34 bits per heavy atom. The van der Waals surface area contributed by atoms with Crippen molar-refractivity contribution < 1.29 is 23.8 Å². The summed E-state index contributed by atoms with van der Waals surface area (Å²) in [5, 5.41) is 14.4. The molecule has 2 aliphatic rings. The van der Waals surface area contributed by atoms with E-state index >= 15 is 0 Å². The third-order valence-electron chi connectivity index (χ3n) is 6.49. The van der Waals surface area contributed by atoms with Gasteiger partial charge in [-0.2, -0.15) is 0 Å². The van der Waals surface area contributed by atoms with Crippen LogP contribution in [0.15, 0.2) is 34.9 Å². The number of anilines is 1. The van der Waals surface area contributed by atoms with Gasteiger partial charge in [-0.1, -0.05) is 6.07 Å². The second kappa shape index (κ2) is 10.0. The van der Waals surface area contributed by atoms with Crippen molar-refractivity contribution in [3.63, 3.8) is 0 Å². The number of ether oxygens (including phenoxy) is 2. The van der Waals surface area contributed by atoms with Crippen LogP contribution < -0.4 is 27.5 Å². The molecule has 0 bridgehead atoms. The summed E-state index contributed by atoms with van der Waals surface area (Å²) in [7, 11) is 0. The fourth-order valence-corrected chi connectivity index (χ4v) is 4.37. The largest absolute Gasteiger partial charge is 0.501 e. The lowest BCUT2D eigenvalue weighted by Gasteiger charge is -2.35. The van der Waals surface area contributed by atoms with Crippen LogP contribution >= 0.6 is 0 Å². The third-order valence-corrected chi connectivity index (χ3v) is 6.49. The minimum Gasteiger partial charge on any atom is -0.501 e. The Bertz CT molecular complexity index is 1210. The summed E-state index contributed by atoms with van der Waals surface area (Å²) in [5.74, 6) is 4.44. The van der Waals surface area contributed by atoms with Crippen molar-refractivity contribution in [2.45, 2.75) is 38.3 Å². The molecule has 6 N–H and O–H groups in total. The molecule has 188 valence electrons. The van der Waals surface area contributed by atoms with Gasteiger partial charge in [-0.15, -0.1) is 0 Å². The minimum absolute atomic E-state index is 0.0678. The zero-order valence-corrected chi connectivity index (χ0v) is 19.4. The molecule has 1 spiro atoms. The van der Waals surface area contributed by atoms with E-state index in [0.717, 1.165) is 0 Å². The number of aromatic nitrogens is 2. The highest BCUT2D eigenvalue weighted by atomic mass is 19.1. The summed E-state index contributed by atoms with van der Waals surface area (Å²) in [4.78, 5) is 30.6. The Hall–Kier alpha value is -3.48. The highest BCUT2D eigenvalue weighted by Crippen LogP contribution is 2.35. The van der Waals surface area contributed by atoms with Gasteiger partial charge in [-0.05, 0) is 37.5 Å². The molecule has 1 aromatic carbocycles. The van der Waals surface area contributed by atoms with Gasteiger partial charge in [-0.25, -0.2) is 15.2 Å². The van der Waals surface area contributed by atoms with E-state index in [-0.39, 0.29) is 18.8 Å². The van der Waals surface area contributed by atoms with Crippen LogP contribution in [0, 0.1) is 5.82 Å². The Kier molecular flexibility index (Phi) is 7.05. The molecule has 0 radical (unpaired) electrons. The van der Waals surface area contributed by atoms with E-state index in [0.29, 0.717) is 62.0 Å². The number of aromatic hydroxyl groups is 1. The van der Waals surface area contributed by atoms with E-state index in [4.69, 9.17) is 21.1 Å². The number of carbonyl (C=O) groups excluding carboxylic acids is 1. The molecule has 11 nitrogen and oxygen atoms in total. The number of rotatable bonds is 5. The number of amides is 1. The second-order valence-corrected chi connectivity index (χ2v) is 8.67. The monoisotopic (exact) mass is 488 g/mol. The summed E-state index contributed by atoms with van der Waals surface area (Å²) in [5.41, 5.74) is 5.10. The molecule has 35 heavy (non-hydrogen) atoms. The molecular weight excluding hydrogens is 459 g/mol. The van der Waals surface area contributed by atoms with Gasteiger partial charge in [0, 0.05) is 31.7 Å². The van der Waals surface area contributed by atoms with Crippen molar-refractivity contribution in [2.75, 3.05) is 31.4 Å². The average molecular weight is 489 g/mol. The van der Waals surface area contributed by atoms with Crippen LogP contribution in [-0.2, 0) is 28.0 Å². The Morgan fingerprint density at radius 3 is 2.80 bits per heavy atom. The molecule has 12 heteroatoms. The standard InChI is InChI=1S/C23H29FN6O5/c1-14(11-25)30(26)17-10-16(24)3-2-15(17)12-27-20(32)18-19(31)21(33)29-6-9-35-13-23(22(29)28-18)4-7-34-8-5-23/h2-3,10-11,31H,4-9,12-13,25-26H2,1H3,(H,27,32)/b14-11-. The molecule has 1 fully saturated rings. The highest BCUT2D eigenvalue weighted by Gasteiger charge is 2.41. The van der Waals surface area contributed by atoms with Crippen molar-refractivity contribution in [3.05, 3.63) is 63.3 Å². The number of carbonyl (C=O) groups is 1. The number of nitrogens with one attached hydrogen (secondary N) is 1. The van der Waals surface area contributed by atoms with Crippen LogP contribution in [0.4, 0.5) is 10.1 Å². The van der Waals surface area contributed by atoms with Crippen molar-refractivity contribution in [1.29, 1.82) is 0 Å². The molecule has 1 saturated heterocycles. The van der Waals surface area contributed by atoms with Gasteiger partial charge in [-0.3, -0.25) is 19.2 Å². The Balaban J connectivity index is 1.66. The number of nitrogens with zero attached hydrogens (tertiary/aromatic N) is 3. The maximum absolute atomic E-state index is 13.9. The lowest BCUT2D eigenvalue weighted by atomic mass is 9.80. The smallest absolute Gasteiger partial charge is 0.296 e. The first-order valence-corrected chi connectivity index (χ1v) is 11.3. The topological polar surface area (TPSA) is 158 Å². The lowest BCUT2D eigenvalue weighted by Crippen LogP contribution is -2.43. The summed E-state index contributed by atoms with van der Waals surface area (Å²) < 4.78 is 26.5. The molecule has 1 aromatic heterocycles. The fourth-order valence-electron chi connectivity index (χ4n) is 4.37. The second-order valence-electron chi connectivity index (χ2n) is 8.67. The quantitative estimate of drug-likeness (QED) is 0.349. The summed E-state index contributed by atoms with van der Waals surface area (Å²) in [6.45, 7) is 3.38. The van der Waals surface area contributed by atoms with Gasteiger partial charge in [0.2, 0.25) is 5.75 Å². The minimum atomic E-state index is -0.750. The van der Waals surface area contributed by atoms with E-state index in [1.807, 2.05) is 0 Å². The number of halogens is 1. The van der Waals surface area contributed by atoms with Crippen LogP contribution in [0.5, 0.6) is 5.75 Å². The predicted molar refractivity (Wildman–Crippen MR) is 125 cm³/mol. The van der Waals surface area contributed by atoms with Gasteiger partial charge in [0.1, 0.15) is 11.6 Å². The first-order valence-electron chi connectivity index (χ1n) is 11.3. The SMILES string of the molecule is C/C(=C/N)N(N)c1cc(F)ccc1CNC(=O)c1nc2n(c(=O)c1O)CCOCC21CCOCC1. The van der Waals surface area contributed by atoms with Gasteiger partial charge < -0.3 is 25.6 Å². The third kappa shape index (κ3) is 4.72. The average Bonchev–Trinajstić information content (AvgIpc) is 3.04. The summed E-state index contributed by atoms with van der Waals surface area (Å²) in [6, 6.07) is 3.93. The lowest BCUT2D eigenvalue weighted by molar-refractivity contribution is 0.00413. The van der Waals surface area contributed by atoms with Crippen LogP contribution in [0.25, 0.3) is 0 Å². The van der Waals surface area contributed by atoms with Crippen molar-refractivity contribution in [3.8, 4) is 5.75 Å². The number of hydrogen-bond acceptors (Lipinski definition) is 9. The summed E-state index contributed by atoms with van der Waals surface area (Å²) in [6.07, 6.45) is 2.42. The number of hydrogen-bond donors (Lipinski definition) is 4. The molecule has 2 aromatic rings. The van der Waals surface area contributed by atoms with Gasteiger partial charge in [0.05, 0.1) is 30.9 Å². The maximum atomic E-state index is 13.9. The molecule has 1 amide bonds. The summed E-state index contributed by atoms with van der Waals surface area (Å²) >= 11 is 0. The molecule has 0 saturated carbocycles.